The Bertz CT molecular complexity index is 192. The minimum Gasteiger partial charge on any atom is -0.378 e. The molecule has 0 aromatic heterocycles. The van der Waals surface area contributed by atoms with E-state index in [0.29, 0.717) is 16.9 Å². The van der Waals surface area contributed by atoms with Crippen molar-refractivity contribution in [3.8, 4) is 0 Å². The number of hydrogen-bond acceptors (Lipinski definition) is 2. The molecule has 2 aliphatic rings. The highest BCUT2D eigenvalue weighted by atomic mass is 16.5. The Balaban J connectivity index is 1.77. The molecule has 1 saturated heterocycles. The molecule has 0 atom stereocenters. The van der Waals surface area contributed by atoms with Gasteiger partial charge in [-0.05, 0) is 23.3 Å². The maximum Gasteiger partial charge on any atom is 0.0643 e. The molecule has 1 saturated carbocycles. The summed E-state index contributed by atoms with van der Waals surface area (Å²) in [7, 11) is 0. The van der Waals surface area contributed by atoms with Gasteiger partial charge in [-0.1, -0.05) is 27.7 Å². The van der Waals surface area contributed by atoms with Crippen molar-refractivity contribution in [2.45, 2.75) is 33.7 Å². The van der Waals surface area contributed by atoms with E-state index in [-0.39, 0.29) is 0 Å². The van der Waals surface area contributed by atoms with Crippen LogP contribution in [-0.2, 0) is 4.74 Å². The van der Waals surface area contributed by atoms with Crippen molar-refractivity contribution in [2.24, 2.45) is 16.7 Å². The van der Waals surface area contributed by atoms with Crippen LogP contribution in [0.3, 0.4) is 0 Å². The molecule has 2 fully saturated rings. The number of rotatable bonds is 3. The molecule has 0 amide bonds. The normalized spacial score (nSPS) is 31.4. The monoisotopic (exact) mass is 183 g/mol. The first-order valence-corrected chi connectivity index (χ1v) is 5.27. The molecule has 1 N–H and O–H groups in total. The van der Waals surface area contributed by atoms with Crippen LogP contribution < -0.4 is 5.32 Å². The Morgan fingerprint density at radius 1 is 1.15 bits per heavy atom. The van der Waals surface area contributed by atoms with Gasteiger partial charge in [0.1, 0.15) is 0 Å². The SMILES string of the molecule is CC1(C)C(CNC2COC2)C1(C)C. The first kappa shape index (κ1) is 9.47. The molecule has 13 heavy (non-hydrogen) atoms. The van der Waals surface area contributed by atoms with Crippen molar-refractivity contribution >= 4 is 0 Å². The van der Waals surface area contributed by atoms with Gasteiger partial charge < -0.3 is 10.1 Å². The summed E-state index contributed by atoms with van der Waals surface area (Å²) < 4.78 is 5.13. The van der Waals surface area contributed by atoms with E-state index in [4.69, 9.17) is 4.74 Å². The highest BCUT2D eigenvalue weighted by molar-refractivity contribution is 5.13. The van der Waals surface area contributed by atoms with Gasteiger partial charge >= 0.3 is 0 Å². The van der Waals surface area contributed by atoms with E-state index in [9.17, 15) is 0 Å². The number of ether oxygens (including phenoxy) is 1. The van der Waals surface area contributed by atoms with Crippen molar-refractivity contribution < 1.29 is 4.74 Å². The Labute approximate surface area is 81.0 Å². The van der Waals surface area contributed by atoms with E-state index in [0.717, 1.165) is 25.7 Å². The first-order valence-electron chi connectivity index (χ1n) is 5.27. The summed E-state index contributed by atoms with van der Waals surface area (Å²) in [6.45, 7) is 12.5. The molecule has 76 valence electrons. The Kier molecular flexibility index (Phi) is 1.97. The van der Waals surface area contributed by atoms with Gasteiger partial charge in [-0.3, -0.25) is 0 Å². The van der Waals surface area contributed by atoms with Gasteiger partial charge in [0.15, 0.2) is 0 Å². The lowest BCUT2D eigenvalue weighted by Crippen LogP contribution is -2.46. The molecule has 0 aromatic carbocycles. The third kappa shape index (κ3) is 1.31. The molecule has 2 rings (SSSR count). The lowest BCUT2D eigenvalue weighted by Gasteiger charge is -2.27. The van der Waals surface area contributed by atoms with Crippen molar-refractivity contribution in [1.29, 1.82) is 0 Å². The molecule has 0 unspecified atom stereocenters. The van der Waals surface area contributed by atoms with E-state index >= 15 is 0 Å². The molecule has 1 aliphatic carbocycles. The molecular formula is C11H21NO. The molecule has 0 spiro atoms. The van der Waals surface area contributed by atoms with Crippen LogP contribution >= 0.6 is 0 Å². The van der Waals surface area contributed by atoms with Crippen LogP contribution in [-0.4, -0.2) is 25.8 Å². The molecule has 1 aliphatic heterocycles. The lowest BCUT2D eigenvalue weighted by atomic mass is 10.0. The fraction of sp³-hybridized carbons (Fsp3) is 1.00. The molecule has 1 heterocycles. The fourth-order valence-corrected chi connectivity index (χ4v) is 2.48. The maximum atomic E-state index is 5.13. The zero-order valence-corrected chi connectivity index (χ0v) is 9.18. The van der Waals surface area contributed by atoms with Crippen LogP contribution in [0.4, 0.5) is 0 Å². The van der Waals surface area contributed by atoms with Crippen LogP contribution in [0.15, 0.2) is 0 Å². The summed E-state index contributed by atoms with van der Waals surface area (Å²) in [4.78, 5) is 0. The van der Waals surface area contributed by atoms with Crippen LogP contribution in [0.1, 0.15) is 27.7 Å². The topological polar surface area (TPSA) is 21.3 Å². The van der Waals surface area contributed by atoms with Gasteiger partial charge in [-0.2, -0.15) is 0 Å². The second-order valence-electron chi connectivity index (χ2n) is 5.64. The van der Waals surface area contributed by atoms with E-state index in [2.05, 4.69) is 33.0 Å². The predicted octanol–water partition coefficient (Wildman–Crippen LogP) is 1.66. The highest BCUT2D eigenvalue weighted by Gasteiger charge is 2.63. The summed E-state index contributed by atoms with van der Waals surface area (Å²) in [6.07, 6.45) is 0. The van der Waals surface area contributed by atoms with Gasteiger partial charge in [-0.25, -0.2) is 0 Å². The van der Waals surface area contributed by atoms with E-state index in [1.165, 1.54) is 0 Å². The minimum absolute atomic E-state index is 0.518. The zero-order chi connectivity index (χ0) is 9.69. The van der Waals surface area contributed by atoms with Crippen molar-refractivity contribution in [1.82, 2.24) is 5.32 Å². The molecule has 0 aromatic rings. The summed E-state index contributed by atoms with van der Waals surface area (Å²) in [5.41, 5.74) is 1.04. The van der Waals surface area contributed by atoms with E-state index in [1.807, 2.05) is 0 Å². The average molecular weight is 183 g/mol. The minimum atomic E-state index is 0.518. The zero-order valence-electron chi connectivity index (χ0n) is 9.18. The molecule has 2 heteroatoms. The summed E-state index contributed by atoms with van der Waals surface area (Å²) >= 11 is 0. The number of nitrogens with one attached hydrogen (secondary N) is 1. The fourth-order valence-electron chi connectivity index (χ4n) is 2.48. The molecule has 2 nitrogen and oxygen atoms in total. The largest absolute Gasteiger partial charge is 0.378 e. The van der Waals surface area contributed by atoms with Gasteiger partial charge in [0.25, 0.3) is 0 Å². The second-order valence-corrected chi connectivity index (χ2v) is 5.64. The van der Waals surface area contributed by atoms with Gasteiger partial charge in [0.2, 0.25) is 0 Å². The standard InChI is InChI=1S/C11H21NO/c1-10(2)9(11(10,3)4)5-12-8-6-13-7-8/h8-9,12H,5-7H2,1-4H3. The van der Waals surface area contributed by atoms with Gasteiger partial charge in [0, 0.05) is 0 Å². The highest BCUT2D eigenvalue weighted by Crippen LogP contribution is 2.67. The van der Waals surface area contributed by atoms with Crippen molar-refractivity contribution in [3.63, 3.8) is 0 Å². The summed E-state index contributed by atoms with van der Waals surface area (Å²) in [6, 6.07) is 0.632. The van der Waals surface area contributed by atoms with Crippen LogP contribution in [0, 0.1) is 16.7 Å². The van der Waals surface area contributed by atoms with Crippen molar-refractivity contribution in [3.05, 3.63) is 0 Å². The lowest BCUT2D eigenvalue weighted by molar-refractivity contribution is -0.00584. The average Bonchev–Trinajstić information content (AvgIpc) is 2.27. The smallest absolute Gasteiger partial charge is 0.0643 e. The molecular weight excluding hydrogens is 162 g/mol. The molecule has 0 radical (unpaired) electrons. The first-order chi connectivity index (χ1) is 5.96. The van der Waals surface area contributed by atoms with Crippen molar-refractivity contribution in [2.75, 3.05) is 19.8 Å². The summed E-state index contributed by atoms with van der Waals surface area (Å²) in [5, 5.41) is 3.57. The Morgan fingerprint density at radius 3 is 2.00 bits per heavy atom. The Morgan fingerprint density at radius 2 is 1.69 bits per heavy atom. The van der Waals surface area contributed by atoms with E-state index in [1.54, 1.807) is 0 Å². The van der Waals surface area contributed by atoms with Crippen LogP contribution in [0.2, 0.25) is 0 Å². The Hall–Kier alpha value is -0.0800. The van der Waals surface area contributed by atoms with Gasteiger partial charge in [-0.15, -0.1) is 0 Å². The van der Waals surface area contributed by atoms with Crippen LogP contribution in [0.25, 0.3) is 0 Å². The second kappa shape index (κ2) is 2.71. The predicted molar refractivity (Wildman–Crippen MR) is 53.7 cm³/mol. The quantitative estimate of drug-likeness (QED) is 0.718. The third-order valence-corrected chi connectivity index (χ3v) is 4.57. The maximum absolute atomic E-state index is 5.13. The number of hydrogen-bond donors (Lipinski definition) is 1. The summed E-state index contributed by atoms with van der Waals surface area (Å²) in [5.74, 6) is 0.834. The molecule has 0 bridgehead atoms. The van der Waals surface area contributed by atoms with Crippen LogP contribution in [0.5, 0.6) is 0 Å². The third-order valence-electron chi connectivity index (χ3n) is 4.57. The van der Waals surface area contributed by atoms with E-state index < -0.39 is 0 Å². The van der Waals surface area contributed by atoms with Gasteiger partial charge in [0.05, 0.1) is 19.3 Å².